The summed E-state index contributed by atoms with van der Waals surface area (Å²) in [7, 11) is 1.36. The minimum absolute atomic E-state index is 0.0895. The number of carbonyl (C=O) groups excluding carboxylic acids is 2. The molecule has 33 heavy (non-hydrogen) atoms. The quantitative estimate of drug-likeness (QED) is 0.322. The molecule has 8 nitrogen and oxygen atoms in total. The molecular formula is C25H30N2O6. The number of unbranched alkanes of at least 4 members (excludes halogenated alkanes) is 2. The van der Waals surface area contributed by atoms with E-state index in [-0.39, 0.29) is 31.1 Å². The lowest BCUT2D eigenvalue weighted by Gasteiger charge is -2.16. The van der Waals surface area contributed by atoms with Crippen molar-refractivity contribution < 1.29 is 29.0 Å². The van der Waals surface area contributed by atoms with Crippen LogP contribution in [-0.4, -0.2) is 60.8 Å². The number of ether oxygens (including phenoxy) is 2. The molecule has 1 fully saturated rings. The topological polar surface area (TPSA) is 105 Å². The number of benzene rings is 2. The Morgan fingerprint density at radius 1 is 1.15 bits per heavy atom. The summed E-state index contributed by atoms with van der Waals surface area (Å²) in [6, 6.07) is 13.4. The first-order valence-electron chi connectivity index (χ1n) is 11.1. The van der Waals surface area contributed by atoms with Gasteiger partial charge >= 0.3 is 12.1 Å². The zero-order valence-electron chi connectivity index (χ0n) is 18.8. The van der Waals surface area contributed by atoms with Crippen LogP contribution in [0.5, 0.6) is 5.75 Å². The zero-order valence-corrected chi connectivity index (χ0v) is 18.8. The summed E-state index contributed by atoms with van der Waals surface area (Å²) in [5.74, 6) is 0.177. The van der Waals surface area contributed by atoms with Crippen molar-refractivity contribution >= 4 is 28.7 Å². The Morgan fingerprint density at radius 3 is 2.70 bits per heavy atom. The highest BCUT2D eigenvalue weighted by Gasteiger charge is 2.27. The van der Waals surface area contributed by atoms with Crippen molar-refractivity contribution in [3.63, 3.8) is 0 Å². The molecule has 176 valence electrons. The van der Waals surface area contributed by atoms with Crippen LogP contribution in [0.15, 0.2) is 54.1 Å². The Labute approximate surface area is 193 Å². The molecule has 0 radical (unpaired) electrons. The van der Waals surface area contributed by atoms with Gasteiger partial charge in [-0.15, -0.1) is 0 Å². The molecule has 0 saturated carbocycles. The summed E-state index contributed by atoms with van der Waals surface area (Å²) in [5.41, 5.74) is 0.481. The van der Waals surface area contributed by atoms with Gasteiger partial charge in [0.25, 0.3) is 5.91 Å². The fourth-order valence-corrected chi connectivity index (χ4v) is 3.82. The Bertz CT molecular complexity index is 1010. The number of amides is 2. The van der Waals surface area contributed by atoms with Crippen molar-refractivity contribution in [1.29, 1.82) is 0 Å². The van der Waals surface area contributed by atoms with Gasteiger partial charge in [-0.25, -0.2) is 4.79 Å². The number of carbonyl (C=O) groups is 3. The van der Waals surface area contributed by atoms with Crippen LogP contribution in [-0.2, 0) is 14.3 Å². The number of methoxy groups -OCH3 is 1. The smallest absolute Gasteiger partial charge is 0.407 e. The summed E-state index contributed by atoms with van der Waals surface area (Å²) in [6.45, 7) is 0.767. The van der Waals surface area contributed by atoms with Gasteiger partial charge in [-0.05, 0) is 37.1 Å². The fraction of sp³-hybridized carbons (Fsp3) is 0.400. The van der Waals surface area contributed by atoms with E-state index in [2.05, 4.69) is 10.1 Å². The fourth-order valence-electron chi connectivity index (χ4n) is 3.82. The number of nitrogens with zero attached hydrogens (tertiary/aromatic N) is 1. The van der Waals surface area contributed by atoms with Crippen LogP contribution in [0.1, 0.15) is 32.1 Å². The molecular weight excluding hydrogens is 424 g/mol. The number of likely N-dealkylation sites (tertiary alicyclic amines) is 1. The maximum Gasteiger partial charge on any atom is 0.407 e. The molecule has 0 aliphatic carbocycles. The molecule has 0 aromatic heterocycles. The average molecular weight is 455 g/mol. The van der Waals surface area contributed by atoms with Crippen LogP contribution in [0.2, 0.25) is 0 Å². The first-order valence-corrected chi connectivity index (χ1v) is 11.1. The normalized spacial score (nSPS) is 16.0. The highest BCUT2D eigenvalue weighted by Crippen LogP contribution is 2.25. The van der Waals surface area contributed by atoms with Gasteiger partial charge in [0.15, 0.2) is 0 Å². The Morgan fingerprint density at radius 2 is 1.94 bits per heavy atom. The Balaban J connectivity index is 1.65. The molecule has 2 aromatic carbocycles. The SMILES string of the molecule is COC(=O)CCCC/C=C(\COc1cccc2ccccc12)C(=O)NC1CCN(C(=O)O)C1. The second-order valence-electron chi connectivity index (χ2n) is 8.00. The first kappa shape index (κ1) is 24.1. The molecule has 1 heterocycles. The average Bonchev–Trinajstić information content (AvgIpc) is 3.29. The van der Waals surface area contributed by atoms with Crippen LogP contribution in [0.3, 0.4) is 0 Å². The van der Waals surface area contributed by atoms with Crippen molar-refractivity contribution in [3.05, 3.63) is 54.1 Å². The van der Waals surface area contributed by atoms with Crippen LogP contribution in [0.4, 0.5) is 4.79 Å². The largest absolute Gasteiger partial charge is 0.488 e. The third-order valence-corrected chi connectivity index (χ3v) is 5.67. The third-order valence-electron chi connectivity index (χ3n) is 5.67. The van der Waals surface area contributed by atoms with Gasteiger partial charge in [0, 0.05) is 30.9 Å². The predicted molar refractivity (Wildman–Crippen MR) is 124 cm³/mol. The van der Waals surface area contributed by atoms with E-state index in [0.29, 0.717) is 43.6 Å². The zero-order chi connectivity index (χ0) is 23.6. The van der Waals surface area contributed by atoms with E-state index in [0.717, 1.165) is 17.2 Å². The molecule has 1 aliphatic rings. The second-order valence-corrected chi connectivity index (χ2v) is 8.00. The van der Waals surface area contributed by atoms with Crippen molar-refractivity contribution in [1.82, 2.24) is 10.2 Å². The van der Waals surface area contributed by atoms with Crippen molar-refractivity contribution in [2.75, 3.05) is 26.8 Å². The highest BCUT2D eigenvalue weighted by atomic mass is 16.5. The summed E-state index contributed by atoms with van der Waals surface area (Å²) in [5, 5.41) is 14.1. The molecule has 8 heteroatoms. The van der Waals surface area contributed by atoms with E-state index in [4.69, 9.17) is 9.84 Å². The van der Waals surface area contributed by atoms with Crippen LogP contribution in [0, 0.1) is 0 Å². The molecule has 3 rings (SSSR count). The number of fused-ring (bicyclic) bond motifs is 1. The van der Waals surface area contributed by atoms with E-state index >= 15 is 0 Å². The second kappa shape index (κ2) is 11.9. The van der Waals surface area contributed by atoms with Crippen molar-refractivity contribution in [3.8, 4) is 5.75 Å². The summed E-state index contributed by atoms with van der Waals surface area (Å²) in [4.78, 5) is 36.7. The summed E-state index contributed by atoms with van der Waals surface area (Å²) < 4.78 is 10.7. The van der Waals surface area contributed by atoms with Crippen molar-refractivity contribution in [2.45, 2.75) is 38.1 Å². The highest BCUT2D eigenvalue weighted by molar-refractivity contribution is 5.94. The van der Waals surface area contributed by atoms with E-state index in [1.165, 1.54) is 12.0 Å². The monoisotopic (exact) mass is 454 g/mol. The van der Waals surface area contributed by atoms with Crippen LogP contribution in [0.25, 0.3) is 10.8 Å². The summed E-state index contributed by atoms with van der Waals surface area (Å²) in [6.07, 6.45) is 3.79. The van der Waals surface area contributed by atoms with Gasteiger partial charge in [-0.2, -0.15) is 0 Å². The van der Waals surface area contributed by atoms with E-state index in [9.17, 15) is 14.4 Å². The number of rotatable bonds is 10. The third kappa shape index (κ3) is 6.97. The standard InChI is InChI=1S/C25H30N2O6/c1-32-23(28)13-4-2-3-9-19(24(29)26-20-14-15-27(16-20)25(30)31)17-33-22-12-7-10-18-8-5-6-11-21(18)22/h5-12,20H,2-4,13-17H2,1H3,(H,26,29)(H,30,31)/b19-9+. The molecule has 0 spiro atoms. The number of esters is 1. The lowest BCUT2D eigenvalue weighted by atomic mass is 10.1. The Kier molecular flexibility index (Phi) is 8.69. The number of allylic oxidation sites excluding steroid dienone is 1. The molecule has 2 N–H and O–H groups in total. The van der Waals surface area contributed by atoms with Crippen molar-refractivity contribution in [2.24, 2.45) is 0 Å². The lowest BCUT2D eigenvalue weighted by Crippen LogP contribution is -2.39. The van der Waals surface area contributed by atoms with E-state index in [1.54, 1.807) is 0 Å². The van der Waals surface area contributed by atoms with Gasteiger partial charge in [-0.1, -0.05) is 42.5 Å². The molecule has 1 atom stereocenters. The van der Waals surface area contributed by atoms with Crippen LogP contribution >= 0.6 is 0 Å². The molecule has 2 amide bonds. The molecule has 1 aliphatic heterocycles. The number of carboxylic acid groups (broad SMARTS) is 1. The van der Waals surface area contributed by atoms with E-state index < -0.39 is 6.09 Å². The first-order chi connectivity index (χ1) is 16.0. The van der Waals surface area contributed by atoms with E-state index in [1.807, 2.05) is 48.5 Å². The predicted octanol–water partition coefficient (Wildman–Crippen LogP) is 3.75. The lowest BCUT2D eigenvalue weighted by molar-refractivity contribution is -0.140. The summed E-state index contributed by atoms with van der Waals surface area (Å²) >= 11 is 0. The van der Waals surface area contributed by atoms with Gasteiger partial charge in [0.2, 0.25) is 0 Å². The minimum Gasteiger partial charge on any atom is -0.488 e. The molecule has 1 saturated heterocycles. The number of hydrogen-bond donors (Lipinski definition) is 2. The maximum atomic E-state index is 13.0. The number of hydrogen-bond acceptors (Lipinski definition) is 5. The van der Waals surface area contributed by atoms with Gasteiger partial charge in [0.1, 0.15) is 12.4 Å². The maximum absolute atomic E-state index is 13.0. The molecule has 2 aromatic rings. The number of nitrogens with one attached hydrogen (secondary N) is 1. The molecule has 0 bridgehead atoms. The minimum atomic E-state index is -0.979. The van der Waals surface area contributed by atoms with Gasteiger partial charge in [0.05, 0.1) is 12.7 Å². The van der Waals surface area contributed by atoms with Gasteiger partial charge < -0.3 is 24.8 Å². The van der Waals surface area contributed by atoms with Crippen LogP contribution < -0.4 is 10.1 Å². The molecule has 1 unspecified atom stereocenters. The Hall–Kier alpha value is -3.55. The van der Waals surface area contributed by atoms with Gasteiger partial charge in [-0.3, -0.25) is 9.59 Å².